The molecule has 0 amide bonds. The van der Waals surface area contributed by atoms with Crippen molar-refractivity contribution in [3.05, 3.63) is 42.2 Å². The Morgan fingerprint density at radius 3 is 2.71 bits per heavy atom. The average Bonchev–Trinajstić information content (AvgIpc) is 2.28. The molecule has 0 aliphatic rings. The van der Waals surface area contributed by atoms with Gasteiger partial charge in [-0.25, -0.2) is 4.39 Å². The minimum Gasteiger partial charge on any atom is -0.496 e. The zero-order chi connectivity index (χ0) is 13.1. The number of aliphatic hydroxyl groups excluding tert-OH is 1. The Balaban J connectivity index is 3.11. The Hall–Kier alpha value is -1.35. The summed E-state index contributed by atoms with van der Waals surface area (Å²) in [6.45, 7) is 7.43. The van der Waals surface area contributed by atoms with E-state index in [0.29, 0.717) is 12.2 Å². The predicted molar refractivity (Wildman–Crippen MR) is 66.8 cm³/mol. The van der Waals surface area contributed by atoms with Crippen molar-refractivity contribution in [1.29, 1.82) is 0 Å². The Labute approximate surface area is 102 Å². The van der Waals surface area contributed by atoms with E-state index in [0.717, 1.165) is 5.56 Å². The molecular formula is C14H19FO2. The molecule has 94 valence electrons. The van der Waals surface area contributed by atoms with Gasteiger partial charge in [-0.1, -0.05) is 19.9 Å². The first-order valence-corrected chi connectivity index (χ1v) is 5.55. The minimum atomic E-state index is -0.613. The molecule has 17 heavy (non-hydrogen) atoms. The van der Waals surface area contributed by atoms with Gasteiger partial charge in [0.1, 0.15) is 11.6 Å². The summed E-state index contributed by atoms with van der Waals surface area (Å²) < 4.78 is 18.5. The summed E-state index contributed by atoms with van der Waals surface area (Å²) in [5.41, 5.74) is 0.363. The third kappa shape index (κ3) is 3.30. The molecule has 0 aromatic heterocycles. The van der Waals surface area contributed by atoms with Crippen LogP contribution in [0.15, 0.2) is 30.9 Å². The van der Waals surface area contributed by atoms with Gasteiger partial charge in [0.05, 0.1) is 13.2 Å². The van der Waals surface area contributed by atoms with Crippen molar-refractivity contribution < 1.29 is 14.2 Å². The standard InChI is InChI=1S/C14H19FO2/c1-5-11(16)9-14(2,3)12-8-10(15)6-7-13(12)17-4/h5-8,11,16H,1,9H2,2-4H3. The normalized spacial score (nSPS) is 13.2. The van der Waals surface area contributed by atoms with Gasteiger partial charge < -0.3 is 9.84 Å². The van der Waals surface area contributed by atoms with Crippen LogP contribution in [-0.4, -0.2) is 18.3 Å². The van der Waals surface area contributed by atoms with Crippen molar-refractivity contribution in [3.63, 3.8) is 0 Å². The lowest BCUT2D eigenvalue weighted by Crippen LogP contribution is -2.24. The van der Waals surface area contributed by atoms with Crippen molar-refractivity contribution in [2.75, 3.05) is 7.11 Å². The maximum atomic E-state index is 13.3. The van der Waals surface area contributed by atoms with E-state index in [4.69, 9.17) is 4.74 Å². The molecule has 2 nitrogen and oxygen atoms in total. The Bertz CT molecular complexity index is 399. The topological polar surface area (TPSA) is 29.5 Å². The molecule has 0 spiro atoms. The molecule has 0 saturated heterocycles. The summed E-state index contributed by atoms with van der Waals surface area (Å²) in [7, 11) is 1.55. The van der Waals surface area contributed by atoms with E-state index in [1.807, 2.05) is 13.8 Å². The van der Waals surface area contributed by atoms with Crippen molar-refractivity contribution in [3.8, 4) is 5.75 Å². The summed E-state index contributed by atoms with van der Waals surface area (Å²) in [5, 5.41) is 9.64. The number of rotatable bonds is 5. The Kier molecular flexibility index (Phi) is 4.29. The van der Waals surface area contributed by atoms with E-state index in [2.05, 4.69) is 6.58 Å². The summed E-state index contributed by atoms with van der Waals surface area (Å²) in [5.74, 6) is 0.328. The minimum absolute atomic E-state index is 0.304. The maximum absolute atomic E-state index is 13.3. The zero-order valence-electron chi connectivity index (χ0n) is 10.5. The van der Waals surface area contributed by atoms with E-state index in [9.17, 15) is 9.50 Å². The van der Waals surface area contributed by atoms with Crippen LogP contribution < -0.4 is 4.74 Å². The van der Waals surface area contributed by atoms with Crippen LogP contribution in [0.25, 0.3) is 0 Å². The second kappa shape index (κ2) is 5.32. The van der Waals surface area contributed by atoms with Crippen LogP contribution in [0.3, 0.4) is 0 Å². The van der Waals surface area contributed by atoms with E-state index in [1.54, 1.807) is 13.2 Å². The number of hydrogen-bond donors (Lipinski definition) is 1. The van der Waals surface area contributed by atoms with Crippen LogP contribution in [0.1, 0.15) is 25.8 Å². The van der Waals surface area contributed by atoms with E-state index in [1.165, 1.54) is 18.2 Å². The predicted octanol–water partition coefficient (Wildman–Crippen LogP) is 3.05. The summed E-state index contributed by atoms with van der Waals surface area (Å²) in [6, 6.07) is 4.42. The molecule has 0 aliphatic carbocycles. The molecule has 1 aromatic rings. The Morgan fingerprint density at radius 2 is 2.18 bits per heavy atom. The highest BCUT2D eigenvalue weighted by atomic mass is 19.1. The number of benzene rings is 1. The third-order valence-electron chi connectivity index (χ3n) is 2.88. The van der Waals surface area contributed by atoms with Crippen LogP contribution in [0.4, 0.5) is 4.39 Å². The summed E-state index contributed by atoms with van der Waals surface area (Å²) >= 11 is 0. The quantitative estimate of drug-likeness (QED) is 0.799. The van der Waals surface area contributed by atoms with Gasteiger partial charge in [-0.2, -0.15) is 0 Å². The molecule has 0 radical (unpaired) electrons. The highest BCUT2D eigenvalue weighted by molar-refractivity contribution is 5.39. The second-order valence-electron chi connectivity index (χ2n) is 4.74. The molecule has 1 unspecified atom stereocenters. The molecular weight excluding hydrogens is 219 g/mol. The molecule has 1 aromatic carbocycles. The smallest absolute Gasteiger partial charge is 0.123 e. The number of ether oxygens (including phenoxy) is 1. The molecule has 0 bridgehead atoms. The first kappa shape index (κ1) is 13.7. The number of halogens is 1. The highest BCUT2D eigenvalue weighted by Gasteiger charge is 2.27. The monoisotopic (exact) mass is 238 g/mol. The third-order valence-corrected chi connectivity index (χ3v) is 2.88. The molecule has 0 fully saturated rings. The van der Waals surface area contributed by atoms with E-state index >= 15 is 0 Å². The lowest BCUT2D eigenvalue weighted by Gasteiger charge is -2.28. The number of methoxy groups -OCH3 is 1. The van der Waals surface area contributed by atoms with E-state index < -0.39 is 6.10 Å². The van der Waals surface area contributed by atoms with Crippen LogP contribution in [0.5, 0.6) is 5.75 Å². The van der Waals surface area contributed by atoms with Gasteiger partial charge in [0.2, 0.25) is 0 Å². The van der Waals surface area contributed by atoms with Gasteiger partial charge in [0.15, 0.2) is 0 Å². The fourth-order valence-corrected chi connectivity index (χ4v) is 1.93. The van der Waals surface area contributed by atoms with Crippen molar-refractivity contribution in [1.82, 2.24) is 0 Å². The molecule has 0 saturated carbocycles. The van der Waals surface area contributed by atoms with Crippen molar-refractivity contribution in [2.45, 2.75) is 31.8 Å². The number of aliphatic hydroxyl groups is 1. The zero-order valence-corrected chi connectivity index (χ0v) is 10.5. The lowest BCUT2D eigenvalue weighted by atomic mass is 9.79. The largest absolute Gasteiger partial charge is 0.496 e. The fourth-order valence-electron chi connectivity index (χ4n) is 1.93. The molecule has 1 rings (SSSR count). The molecule has 0 aliphatic heterocycles. The van der Waals surface area contributed by atoms with Crippen LogP contribution in [0, 0.1) is 5.82 Å². The van der Waals surface area contributed by atoms with Crippen LogP contribution >= 0.6 is 0 Å². The van der Waals surface area contributed by atoms with Crippen LogP contribution in [-0.2, 0) is 5.41 Å². The lowest BCUT2D eigenvalue weighted by molar-refractivity contribution is 0.181. The summed E-state index contributed by atoms with van der Waals surface area (Å²) in [6.07, 6.45) is 1.34. The molecule has 1 N–H and O–H groups in total. The first-order chi connectivity index (χ1) is 7.90. The Morgan fingerprint density at radius 1 is 1.53 bits per heavy atom. The van der Waals surface area contributed by atoms with Crippen LogP contribution in [0.2, 0.25) is 0 Å². The first-order valence-electron chi connectivity index (χ1n) is 5.55. The van der Waals surface area contributed by atoms with Gasteiger partial charge in [-0.15, -0.1) is 6.58 Å². The van der Waals surface area contributed by atoms with Crippen molar-refractivity contribution in [2.24, 2.45) is 0 Å². The molecule has 3 heteroatoms. The van der Waals surface area contributed by atoms with Crippen molar-refractivity contribution >= 4 is 0 Å². The second-order valence-corrected chi connectivity index (χ2v) is 4.74. The molecule has 0 heterocycles. The van der Waals surface area contributed by atoms with Gasteiger partial charge in [0, 0.05) is 5.56 Å². The average molecular weight is 238 g/mol. The van der Waals surface area contributed by atoms with Gasteiger partial charge in [0.25, 0.3) is 0 Å². The summed E-state index contributed by atoms with van der Waals surface area (Å²) in [4.78, 5) is 0. The van der Waals surface area contributed by atoms with Gasteiger partial charge >= 0.3 is 0 Å². The maximum Gasteiger partial charge on any atom is 0.123 e. The fraction of sp³-hybridized carbons (Fsp3) is 0.429. The van der Waals surface area contributed by atoms with E-state index in [-0.39, 0.29) is 11.2 Å². The SMILES string of the molecule is C=CC(O)CC(C)(C)c1cc(F)ccc1OC. The number of hydrogen-bond acceptors (Lipinski definition) is 2. The van der Waals surface area contributed by atoms with Gasteiger partial charge in [-0.3, -0.25) is 0 Å². The van der Waals surface area contributed by atoms with Gasteiger partial charge in [-0.05, 0) is 30.0 Å². The highest BCUT2D eigenvalue weighted by Crippen LogP contribution is 2.35. The molecule has 1 atom stereocenters.